The molecule has 2 nitrogen and oxygen atoms in total. The summed E-state index contributed by atoms with van der Waals surface area (Å²) in [4.78, 5) is 2.12. The van der Waals surface area contributed by atoms with Crippen molar-refractivity contribution in [2.45, 2.75) is 26.0 Å². The van der Waals surface area contributed by atoms with Crippen LogP contribution < -0.4 is 4.90 Å². The highest BCUT2D eigenvalue weighted by Crippen LogP contribution is 2.29. The smallest absolute Gasteiger partial charge is 0.0807 e. The van der Waals surface area contributed by atoms with E-state index >= 15 is 0 Å². The summed E-state index contributed by atoms with van der Waals surface area (Å²) in [7, 11) is 2.02. The molecule has 0 aliphatic carbocycles. The number of rotatable bonds is 5. The highest BCUT2D eigenvalue weighted by atomic mass is 35.5. The van der Waals surface area contributed by atoms with Gasteiger partial charge in [-0.05, 0) is 24.1 Å². The molecule has 0 spiro atoms. The van der Waals surface area contributed by atoms with Crippen LogP contribution in [0.3, 0.4) is 0 Å². The number of benzene rings is 2. The molecule has 0 bridgehead atoms. The van der Waals surface area contributed by atoms with Gasteiger partial charge < -0.3 is 10.0 Å². The highest BCUT2D eigenvalue weighted by Gasteiger charge is 2.13. The number of para-hydroxylation sites is 1. The van der Waals surface area contributed by atoms with Gasteiger partial charge in [0, 0.05) is 29.9 Å². The van der Waals surface area contributed by atoms with E-state index in [0.717, 1.165) is 21.8 Å². The summed E-state index contributed by atoms with van der Waals surface area (Å²) in [6.07, 6.45) is 0.275. The van der Waals surface area contributed by atoms with Crippen molar-refractivity contribution < 1.29 is 5.11 Å². The zero-order valence-electron chi connectivity index (χ0n) is 11.9. The first-order chi connectivity index (χ1) is 9.63. The standard InChI is InChI=1S/C17H20ClNO/c1-3-17(20)14-9-5-7-11-16(14)19(2)12-13-8-4-6-10-15(13)18/h4-11,17,20H,3,12H2,1-2H3/t17-/m0/s1. The molecule has 2 rings (SSSR count). The Morgan fingerprint density at radius 3 is 2.45 bits per heavy atom. The largest absolute Gasteiger partial charge is 0.388 e. The van der Waals surface area contributed by atoms with Gasteiger partial charge in [0.05, 0.1) is 6.10 Å². The minimum Gasteiger partial charge on any atom is -0.388 e. The normalized spacial score (nSPS) is 12.2. The van der Waals surface area contributed by atoms with Gasteiger partial charge in [-0.2, -0.15) is 0 Å². The van der Waals surface area contributed by atoms with Crippen LogP contribution in [0.1, 0.15) is 30.6 Å². The van der Waals surface area contributed by atoms with Crippen molar-refractivity contribution in [3.63, 3.8) is 0 Å². The Morgan fingerprint density at radius 2 is 1.75 bits per heavy atom. The van der Waals surface area contributed by atoms with Crippen LogP contribution in [0.4, 0.5) is 5.69 Å². The fourth-order valence-corrected chi connectivity index (χ4v) is 2.50. The molecule has 0 aliphatic rings. The maximum atomic E-state index is 10.1. The Bertz CT molecular complexity index is 570. The fraction of sp³-hybridized carbons (Fsp3) is 0.294. The predicted molar refractivity (Wildman–Crippen MR) is 85.3 cm³/mol. The third kappa shape index (κ3) is 3.33. The molecule has 0 saturated carbocycles. The van der Waals surface area contributed by atoms with E-state index in [-0.39, 0.29) is 0 Å². The first-order valence-corrected chi connectivity index (χ1v) is 7.22. The lowest BCUT2D eigenvalue weighted by Crippen LogP contribution is -2.19. The van der Waals surface area contributed by atoms with Crippen LogP contribution in [0.25, 0.3) is 0 Å². The molecule has 2 aromatic rings. The molecule has 1 N–H and O–H groups in total. The summed E-state index contributed by atoms with van der Waals surface area (Å²) in [5.74, 6) is 0. The van der Waals surface area contributed by atoms with E-state index in [2.05, 4.69) is 4.90 Å². The van der Waals surface area contributed by atoms with Gasteiger partial charge in [0.1, 0.15) is 0 Å². The summed E-state index contributed by atoms with van der Waals surface area (Å²) in [5, 5.41) is 10.9. The third-order valence-corrected chi connectivity index (χ3v) is 3.83. The van der Waals surface area contributed by atoms with Crippen LogP contribution in [0.15, 0.2) is 48.5 Å². The van der Waals surface area contributed by atoms with Crippen LogP contribution in [-0.4, -0.2) is 12.2 Å². The second-order valence-electron chi connectivity index (χ2n) is 4.93. The average molecular weight is 290 g/mol. The maximum absolute atomic E-state index is 10.1. The van der Waals surface area contributed by atoms with E-state index in [0.29, 0.717) is 13.0 Å². The fourth-order valence-electron chi connectivity index (χ4n) is 2.30. The summed E-state index contributed by atoms with van der Waals surface area (Å²) in [6.45, 7) is 2.70. The van der Waals surface area contributed by atoms with E-state index in [1.54, 1.807) is 0 Å². The van der Waals surface area contributed by atoms with Gasteiger partial charge in [0.25, 0.3) is 0 Å². The van der Waals surface area contributed by atoms with Gasteiger partial charge in [-0.1, -0.05) is 54.9 Å². The zero-order chi connectivity index (χ0) is 14.5. The number of aliphatic hydroxyl groups excluding tert-OH is 1. The second-order valence-corrected chi connectivity index (χ2v) is 5.34. The molecule has 0 fully saturated rings. The van der Waals surface area contributed by atoms with E-state index in [1.165, 1.54) is 0 Å². The van der Waals surface area contributed by atoms with Crippen LogP contribution in [0, 0.1) is 0 Å². The van der Waals surface area contributed by atoms with Crippen molar-refractivity contribution in [3.05, 3.63) is 64.7 Å². The van der Waals surface area contributed by atoms with Gasteiger partial charge in [-0.25, -0.2) is 0 Å². The first kappa shape index (κ1) is 14.9. The van der Waals surface area contributed by atoms with Gasteiger partial charge in [0.2, 0.25) is 0 Å². The predicted octanol–water partition coefficient (Wildman–Crippen LogP) is 4.42. The van der Waals surface area contributed by atoms with E-state index in [4.69, 9.17) is 11.6 Å². The van der Waals surface area contributed by atoms with Crippen molar-refractivity contribution in [1.82, 2.24) is 0 Å². The van der Waals surface area contributed by atoms with E-state index in [9.17, 15) is 5.11 Å². The highest BCUT2D eigenvalue weighted by molar-refractivity contribution is 6.31. The van der Waals surface area contributed by atoms with Crippen LogP contribution in [-0.2, 0) is 6.54 Å². The van der Waals surface area contributed by atoms with Crippen LogP contribution in [0.2, 0.25) is 5.02 Å². The molecule has 3 heteroatoms. The molecule has 0 radical (unpaired) electrons. The summed E-state index contributed by atoms with van der Waals surface area (Å²) >= 11 is 6.21. The van der Waals surface area contributed by atoms with Crippen molar-refractivity contribution in [2.24, 2.45) is 0 Å². The quantitative estimate of drug-likeness (QED) is 0.881. The molecule has 0 amide bonds. The molecular formula is C17H20ClNO. The molecule has 1 atom stereocenters. The first-order valence-electron chi connectivity index (χ1n) is 6.85. The molecule has 20 heavy (non-hydrogen) atoms. The number of nitrogens with zero attached hydrogens (tertiary/aromatic N) is 1. The number of halogens is 1. The van der Waals surface area contributed by atoms with Gasteiger partial charge >= 0.3 is 0 Å². The van der Waals surface area contributed by atoms with Gasteiger partial charge in [-0.15, -0.1) is 0 Å². The number of anilines is 1. The lowest BCUT2D eigenvalue weighted by Gasteiger charge is -2.24. The van der Waals surface area contributed by atoms with Crippen molar-refractivity contribution in [3.8, 4) is 0 Å². The van der Waals surface area contributed by atoms with E-state index < -0.39 is 6.10 Å². The van der Waals surface area contributed by atoms with Crippen LogP contribution in [0.5, 0.6) is 0 Å². The topological polar surface area (TPSA) is 23.5 Å². The Kier molecular flexibility index (Phi) is 5.05. The second kappa shape index (κ2) is 6.78. The number of hydrogen-bond acceptors (Lipinski definition) is 2. The Morgan fingerprint density at radius 1 is 1.10 bits per heavy atom. The summed E-state index contributed by atoms with van der Waals surface area (Å²) in [5.41, 5.74) is 3.09. The Labute approximate surface area is 125 Å². The molecule has 2 aromatic carbocycles. The van der Waals surface area contributed by atoms with E-state index in [1.807, 2.05) is 62.5 Å². The lowest BCUT2D eigenvalue weighted by molar-refractivity contribution is 0.174. The minimum absolute atomic E-state index is 0.431. The zero-order valence-corrected chi connectivity index (χ0v) is 12.6. The van der Waals surface area contributed by atoms with Crippen molar-refractivity contribution in [2.75, 3.05) is 11.9 Å². The molecule has 106 valence electrons. The Balaban J connectivity index is 2.26. The maximum Gasteiger partial charge on any atom is 0.0807 e. The average Bonchev–Trinajstić information content (AvgIpc) is 2.48. The monoisotopic (exact) mass is 289 g/mol. The Hall–Kier alpha value is -1.51. The summed E-state index contributed by atoms with van der Waals surface area (Å²) < 4.78 is 0. The molecule has 0 aromatic heterocycles. The van der Waals surface area contributed by atoms with Gasteiger partial charge in [0.15, 0.2) is 0 Å². The van der Waals surface area contributed by atoms with Crippen molar-refractivity contribution in [1.29, 1.82) is 0 Å². The number of aliphatic hydroxyl groups is 1. The minimum atomic E-state index is -0.431. The van der Waals surface area contributed by atoms with Crippen molar-refractivity contribution >= 4 is 17.3 Å². The third-order valence-electron chi connectivity index (χ3n) is 3.46. The molecule has 0 aliphatic heterocycles. The number of hydrogen-bond donors (Lipinski definition) is 1. The van der Waals surface area contributed by atoms with Gasteiger partial charge in [-0.3, -0.25) is 0 Å². The van der Waals surface area contributed by atoms with Crippen LogP contribution >= 0.6 is 11.6 Å². The SMILES string of the molecule is CC[C@H](O)c1ccccc1N(C)Cc1ccccc1Cl. The molecule has 0 saturated heterocycles. The molecule has 0 heterocycles. The molecular weight excluding hydrogens is 270 g/mol. The summed E-state index contributed by atoms with van der Waals surface area (Å²) in [6, 6.07) is 15.8. The molecule has 0 unspecified atom stereocenters. The lowest BCUT2D eigenvalue weighted by atomic mass is 10.0.